The van der Waals surface area contributed by atoms with Gasteiger partial charge >= 0.3 is 0 Å². The van der Waals surface area contributed by atoms with Crippen molar-refractivity contribution >= 4 is 28.2 Å². The predicted molar refractivity (Wildman–Crippen MR) is 128 cm³/mol. The SMILES string of the molecule is Nc1ncc2ccc(Cl)cc2c1C#Cc1ccc(C(O)NCCCN2CCOCC2)cc1. The molecule has 0 aliphatic carbocycles. The van der Waals surface area contributed by atoms with Gasteiger partial charge in [0.05, 0.1) is 18.8 Å². The molecule has 0 bridgehead atoms. The fourth-order valence-corrected chi connectivity index (χ4v) is 3.87. The number of nitrogens with zero attached hydrogens (tertiary/aromatic N) is 2. The summed E-state index contributed by atoms with van der Waals surface area (Å²) >= 11 is 6.15. The molecular formula is C25H27ClN4O2. The number of hydrogen-bond donors (Lipinski definition) is 3. The van der Waals surface area contributed by atoms with E-state index in [1.54, 1.807) is 6.20 Å². The van der Waals surface area contributed by atoms with E-state index in [2.05, 4.69) is 27.0 Å². The topological polar surface area (TPSA) is 83.6 Å². The third kappa shape index (κ3) is 5.77. The molecule has 0 amide bonds. The van der Waals surface area contributed by atoms with Crippen molar-refractivity contribution in [1.82, 2.24) is 15.2 Å². The monoisotopic (exact) mass is 450 g/mol. The molecule has 7 heteroatoms. The third-order valence-electron chi connectivity index (χ3n) is 5.53. The molecule has 4 N–H and O–H groups in total. The first-order valence-corrected chi connectivity index (χ1v) is 11.2. The van der Waals surface area contributed by atoms with Crippen LogP contribution in [0.15, 0.2) is 48.7 Å². The zero-order valence-electron chi connectivity index (χ0n) is 17.9. The lowest BCUT2D eigenvalue weighted by Gasteiger charge is -2.26. The summed E-state index contributed by atoms with van der Waals surface area (Å²) in [6.45, 7) is 5.34. The summed E-state index contributed by atoms with van der Waals surface area (Å²) in [6, 6.07) is 13.1. The fourth-order valence-electron chi connectivity index (χ4n) is 3.70. The maximum atomic E-state index is 10.4. The lowest BCUT2D eigenvalue weighted by atomic mass is 10.1. The number of ether oxygens (including phenoxy) is 1. The summed E-state index contributed by atoms with van der Waals surface area (Å²) in [5.41, 5.74) is 8.36. The molecule has 1 unspecified atom stereocenters. The zero-order valence-corrected chi connectivity index (χ0v) is 18.6. The highest BCUT2D eigenvalue weighted by atomic mass is 35.5. The molecule has 0 saturated carbocycles. The van der Waals surface area contributed by atoms with Gasteiger partial charge in [-0.05, 0) is 49.3 Å². The van der Waals surface area contributed by atoms with E-state index in [-0.39, 0.29) is 0 Å². The molecule has 32 heavy (non-hydrogen) atoms. The number of hydrogen-bond acceptors (Lipinski definition) is 6. The highest BCUT2D eigenvalue weighted by Gasteiger charge is 2.11. The van der Waals surface area contributed by atoms with Gasteiger partial charge in [0.2, 0.25) is 0 Å². The van der Waals surface area contributed by atoms with E-state index >= 15 is 0 Å². The summed E-state index contributed by atoms with van der Waals surface area (Å²) in [7, 11) is 0. The van der Waals surface area contributed by atoms with Crippen LogP contribution in [0.5, 0.6) is 0 Å². The summed E-state index contributed by atoms with van der Waals surface area (Å²) in [4.78, 5) is 6.62. The normalized spacial score (nSPS) is 15.3. The molecule has 1 atom stereocenters. The minimum Gasteiger partial charge on any atom is -0.383 e. The lowest BCUT2D eigenvalue weighted by molar-refractivity contribution is 0.0367. The number of nitrogens with one attached hydrogen (secondary N) is 1. The number of nitrogens with two attached hydrogens (primary N) is 1. The van der Waals surface area contributed by atoms with Crippen LogP contribution < -0.4 is 11.1 Å². The Bertz CT molecular complexity index is 1110. The van der Waals surface area contributed by atoms with Gasteiger partial charge in [0.25, 0.3) is 0 Å². The van der Waals surface area contributed by atoms with Crippen molar-refractivity contribution in [2.75, 3.05) is 45.1 Å². The summed E-state index contributed by atoms with van der Waals surface area (Å²) < 4.78 is 5.36. The number of benzene rings is 2. The molecule has 166 valence electrons. The number of nitrogen functional groups attached to an aromatic ring is 1. The number of halogens is 1. The first-order chi connectivity index (χ1) is 15.6. The minimum atomic E-state index is -0.707. The Hall–Kier alpha value is -2.66. The fraction of sp³-hybridized carbons (Fsp3) is 0.320. The molecule has 1 aliphatic rings. The van der Waals surface area contributed by atoms with E-state index < -0.39 is 6.23 Å². The largest absolute Gasteiger partial charge is 0.383 e. The maximum Gasteiger partial charge on any atom is 0.139 e. The molecule has 0 spiro atoms. The van der Waals surface area contributed by atoms with Crippen molar-refractivity contribution in [3.63, 3.8) is 0 Å². The second-order valence-corrected chi connectivity index (χ2v) is 8.22. The van der Waals surface area contributed by atoms with Crippen LogP contribution in [0.4, 0.5) is 5.82 Å². The number of aliphatic hydroxyl groups excluding tert-OH is 1. The van der Waals surface area contributed by atoms with Gasteiger partial charge in [-0.25, -0.2) is 4.98 Å². The van der Waals surface area contributed by atoms with Crippen molar-refractivity contribution in [3.8, 4) is 11.8 Å². The number of rotatable bonds is 6. The molecule has 1 aliphatic heterocycles. The quantitative estimate of drug-likeness (QED) is 0.304. The number of aromatic nitrogens is 1. The van der Waals surface area contributed by atoms with E-state index in [9.17, 15) is 5.11 Å². The van der Waals surface area contributed by atoms with Gasteiger partial charge < -0.3 is 15.6 Å². The third-order valence-corrected chi connectivity index (χ3v) is 5.77. The van der Waals surface area contributed by atoms with Gasteiger partial charge in [-0.15, -0.1) is 0 Å². The van der Waals surface area contributed by atoms with Crippen molar-refractivity contribution < 1.29 is 9.84 Å². The van der Waals surface area contributed by atoms with Crippen LogP contribution in [-0.2, 0) is 4.74 Å². The van der Waals surface area contributed by atoms with E-state index in [0.29, 0.717) is 16.4 Å². The lowest BCUT2D eigenvalue weighted by Crippen LogP contribution is -2.38. The Kier molecular flexibility index (Phi) is 7.59. The average molecular weight is 451 g/mol. The molecule has 1 saturated heterocycles. The smallest absolute Gasteiger partial charge is 0.139 e. The maximum absolute atomic E-state index is 10.4. The Morgan fingerprint density at radius 3 is 2.72 bits per heavy atom. The molecule has 1 aromatic heterocycles. The van der Waals surface area contributed by atoms with Crippen LogP contribution >= 0.6 is 11.6 Å². The van der Waals surface area contributed by atoms with Crippen LogP contribution in [-0.4, -0.2) is 54.4 Å². The molecule has 6 nitrogen and oxygen atoms in total. The number of aliphatic hydroxyl groups is 1. The molecule has 4 rings (SSSR count). The average Bonchev–Trinajstić information content (AvgIpc) is 2.82. The van der Waals surface area contributed by atoms with Gasteiger partial charge in [-0.2, -0.15) is 0 Å². The Balaban J connectivity index is 1.36. The van der Waals surface area contributed by atoms with Crippen LogP contribution in [0.25, 0.3) is 10.8 Å². The van der Waals surface area contributed by atoms with E-state index in [1.165, 1.54) is 0 Å². The van der Waals surface area contributed by atoms with Crippen LogP contribution in [0.3, 0.4) is 0 Å². The van der Waals surface area contributed by atoms with E-state index in [0.717, 1.165) is 67.7 Å². The summed E-state index contributed by atoms with van der Waals surface area (Å²) in [5.74, 6) is 6.65. The number of morpholine rings is 1. The molecule has 3 aromatic rings. The van der Waals surface area contributed by atoms with Gasteiger partial charge in [0.1, 0.15) is 12.0 Å². The van der Waals surface area contributed by atoms with Crippen LogP contribution in [0.1, 0.15) is 29.3 Å². The van der Waals surface area contributed by atoms with Crippen LogP contribution in [0, 0.1) is 11.8 Å². The first-order valence-electron chi connectivity index (χ1n) is 10.8. The van der Waals surface area contributed by atoms with Crippen molar-refractivity contribution in [2.45, 2.75) is 12.6 Å². The van der Waals surface area contributed by atoms with Gasteiger partial charge in [0, 0.05) is 40.6 Å². The number of pyridine rings is 1. The Morgan fingerprint density at radius 2 is 1.94 bits per heavy atom. The Labute approximate surface area is 193 Å². The van der Waals surface area contributed by atoms with E-state index in [4.69, 9.17) is 22.1 Å². The number of anilines is 1. The van der Waals surface area contributed by atoms with Gasteiger partial charge in [-0.1, -0.05) is 41.6 Å². The highest BCUT2D eigenvalue weighted by Crippen LogP contribution is 2.25. The molecule has 2 aromatic carbocycles. The van der Waals surface area contributed by atoms with Crippen molar-refractivity contribution in [3.05, 3.63) is 70.4 Å². The Morgan fingerprint density at radius 1 is 1.16 bits per heavy atom. The highest BCUT2D eigenvalue weighted by molar-refractivity contribution is 6.31. The summed E-state index contributed by atoms with van der Waals surface area (Å²) in [6.07, 6.45) is 1.99. The molecule has 1 fully saturated rings. The minimum absolute atomic E-state index is 0.376. The van der Waals surface area contributed by atoms with Crippen LogP contribution in [0.2, 0.25) is 5.02 Å². The van der Waals surface area contributed by atoms with Gasteiger partial charge in [-0.3, -0.25) is 10.2 Å². The van der Waals surface area contributed by atoms with Crippen molar-refractivity contribution in [1.29, 1.82) is 0 Å². The van der Waals surface area contributed by atoms with Gasteiger partial charge in [0.15, 0.2) is 0 Å². The second-order valence-electron chi connectivity index (χ2n) is 7.79. The molecular weight excluding hydrogens is 424 g/mol. The standard InChI is InChI=1S/C25H27ClN4O2/c26-21-8-7-20-17-29-24(27)22(23(20)16-21)9-4-18-2-5-19(6-3-18)25(31)28-10-1-11-30-12-14-32-15-13-30/h2-3,5-8,16-17,25,28,31H,1,10-15H2,(H2,27,29). The first kappa shape index (κ1) is 22.5. The zero-order chi connectivity index (χ0) is 22.3. The molecule has 0 radical (unpaired) electrons. The predicted octanol–water partition coefficient (Wildman–Crippen LogP) is 3.17. The molecule has 2 heterocycles. The number of fused-ring (bicyclic) bond motifs is 1. The van der Waals surface area contributed by atoms with E-state index in [1.807, 2.05) is 42.5 Å². The summed E-state index contributed by atoms with van der Waals surface area (Å²) in [5, 5.41) is 16.0. The second kappa shape index (κ2) is 10.8. The van der Waals surface area contributed by atoms with Crippen molar-refractivity contribution in [2.24, 2.45) is 0 Å².